The normalized spacial score (nSPS) is 17.8. The molecule has 1 amide bonds. The lowest BCUT2D eigenvalue weighted by Gasteiger charge is -2.34. The molecule has 3 rings (SSSR count). The molecule has 0 aliphatic carbocycles. The first kappa shape index (κ1) is 13.9. The summed E-state index contributed by atoms with van der Waals surface area (Å²) in [5.74, 6) is -0.250. The zero-order valence-corrected chi connectivity index (χ0v) is 11.5. The van der Waals surface area contributed by atoms with E-state index in [1.54, 1.807) is 18.3 Å². The number of aromatic nitrogens is 4. The van der Waals surface area contributed by atoms with E-state index in [9.17, 15) is 9.18 Å². The summed E-state index contributed by atoms with van der Waals surface area (Å²) in [7, 11) is 0. The number of rotatable bonds is 4. The van der Waals surface area contributed by atoms with Gasteiger partial charge in [0, 0.05) is 36.9 Å². The second-order valence-corrected chi connectivity index (χ2v) is 5.33. The summed E-state index contributed by atoms with van der Waals surface area (Å²) in [5, 5.41) is 13.8. The predicted octanol–water partition coefficient (Wildman–Crippen LogP) is 0.620. The van der Waals surface area contributed by atoms with E-state index in [-0.39, 0.29) is 5.91 Å². The van der Waals surface area contributed by atoms with Crippen LogP contribution in [0.1, 0.15) is 23.2 Å². The highest BCUT2D eigenvalue weighted by Gasteiger charge is 2.33. The molecule has 1 N–H and O–H groups in total. The van der Waals surface area contributed by atoms with Crippen LogP contribution in [0.15, 0.2) is 18.3 Å². The topological polar surface area (TPSA) is 81.4 Å². The van der Waals surface area contributed by atoms with Crippen molar-refractivity contribution in [1.29, 1.82) is 0 Å². The van der Waals surface area contributed by atoms with E-state index in [0.29, 0.717) is 43.8 Å². The highest BCUT2D eigenvalue weighted by Crippen LogP contribution is 2.30. The highest BCUT2D eigenvalue weighted by atomic mass is 19.1. The van der Waals surface area contributed by atoms with E-state index in [4.69, 9.17) is 4.74 Å². The SMILES string of the molecule is O=C(NCC1(CF)CCOCC1)c1ccn2nnnc2c1. The third-order valence-corrected chi connectivity index (χ3v) is 3.92. The molecular formula is C13H16FN5O2. The first-order valence-corrected chi connectivity index (χ1v) is 6.82. The Morgan fingerprint density at radius 3 is 3.05 bits per heavy atom. The molecule has 2 aromatic rings. The zero-order chi connectivity index (χ0) is 14.7. The van der Waals surface area contributed by atoms with Crippen LogP contribution >= 0.6 is 0 Å². The van der Waals surface area contributed by atoms with Gasteiger partial charge in [0.15, 0.2) is 5.65 Å². The number of nitrogens with zero attached hydrogens (tertiary/aromatic N) is 4. The molecule has 0 spiro atoms. The van der Waals surface area contributed by atoms with Gasteiger partial charge in [-0.1, -0.05) is 0 Å². The van der Waals surface area contributed by atoms with Crippen LogP contribution in [0.3, 0.4) is 0 Å². The molecule has 0 aromatic carbocycles. The average Bonchev–Trinajstić information content (AvgIpc) is 3.01. The van der Waals surface area contributed by atoms with Gasteiger partial charge in [0.2, 0.25) is 0 Å². The van der Waals surface area contributed by atoms with Gasteiger partial charge in [-0.2, -0.15) is 0 Å². The van der Waals surface area contributed by atoms with Crippen molar-refractivity contribution in [2.24, 2.45) is 5.41 Å². The lowest BCUT2D eigenvalue weighted by Crippen LogP contribution is -2.42. The molecule has 112 valence electrons. The van der Waals surface area contributed by atoms with Crippen LogP contribution < -0.4 is 5.32 Å². The largest absolute Gasteiger partial charge is 0.381 e. The molecule has 0 saturated carbocycles. The third kappa shape index (κ3) is 2.85. The maximum Gasteiger partial charge on any atom is 0.251 e. The number of carbonyl (C=O) groups is 1. The maximum atomic E-state index is 13.3. The summed E-state index contributed by atoms with van der Waals surface area (Å²) in [6.45, 7) is 0.930. The second-order valence-electron chi connectivity index (χ2n) is 5.33. The van der Waals surface area contributed by atoms with Crippen molar-refractivity contribution in [3.63, 3.8) is 0 Å². The Bertz CT molecular complexity index is 638. The number of hydrogen-bond donors (Lipinski definition) is 1. The monoisotopic (exact) mass is 293 g/mol. The number of amides is 1. The van der Waals surface area contributed by atoms with E-state index in [1.807, 2.05) is 0 Å². The first-order chi connectivity index (χ1) is 10.2. The molecule has 7 nitrogen and oxygen atoms in total. The number of carbonyl (C=O) groups excluding carboxylic acids is 1. The lowest BCUT2D eigenvalue weighted by molar-refractivity contribution is 0.00261. The number of hydrogen-bond acceptors (Lipinski definition) is 5. The molecular weight excluding hydrogens is 277 g/mol. The fraction of sp³-hybridized carbons (Fsp3) is 0.538. The van der Waals surface area contributed by atoms with E-state index in [0.717, 1.165) is 0 Å². The number of ether oxygens (including phenoxy) is 1. The van der Waals surface area contributed by atoms with Crippen LogP contribution in [-0.2, 0) is 4.74 Å². The Balaban J connectivity index is 1.67. The third-order valence-electron chi connectivity index (χ3n) is 3.92. The Morgan fingerprint density at radius 1 is 1.48 bits per heavy atom. The van der Waals surface area contributed by atoms with Crippen molar-refractivity contribution in [2.75, 3.05) is 26.4 Å². The summed E-state index contributed by atoms with van der Waals surface area (Å²) in [5.41, 5.74) is 0.446. The van der Waals surface area contributed by atoms with E-state index < -0.39 is 12.1 Å². The summed E-state index contributed by atoms with van der Waals surface area (Å²) >= 11 is 0. The van der Waals surface area contributed by atoms with Gasteiger partial charge >= 0.3 is 0 Å². The van der Waals surface area contributed by atoms with E-state index >= 15 is 0 Å². The smallest absolute Gasteiger partial charge is 0.251 e. The maximum absolute atomic E-state index is 13.3. The Morgan fingerprint density at radius 2 is 2.29 bits per heavy atom. The summed E-state index contributed by atoms with van der Waals surface area (Å²) in [6, 6.07) is 3.23. The molecule has 1 aliphatic rings. The van der Waals surface area contributed by atoms with Crippen molar-refractivity contribution >= 4 is 11.6 Å². The Kier molecular flexibility index (Phi) is 3.78. The fourth-order valence-corrected chi connectivity index (χ4v) is 2.41. The molecule has 8 heteroatoms. The highest BCUT2D eigenvalue weighted by molar-refractivity contribution is 5.94. The van der Waals surface area contributed by atoms with Crippen molar-refractivity contribution in [1.82, 2.24) is 25.4 Å². The van der Waals surface area contributed by atoms with Crippen molar-refractivity contribution in [2.45, 2.75) is 12.8 Å². The summed E-state index contributed by atoms with van der Waals surface area (Å²) in [6.07, 6.45) is 2.86. The standard InChI is InChI=1S/C13H16FN5O2/c14-8-13(2-5-21-6-3-13)9-15-12(20)10-1-4-19-11(7-10)16-17-18-19/h1,4,7H,2-3,5-6,8-9H2,(H,15,20). The molecule has 3 heterocycles. The fourth-order valence-electron chi connectivity index (χ4n) is 2.41. The van der Waals surface area contributed by atoms with Crippen LogP contribution in [-0.4, -0.2) is 52.4 Å². The zero-order valence-electron chi connectivity index (χ0n) is 11.5. The molecule has 0 bridgehead atoms. The van der Waals surface area contributed by atoms with Gasteiger partial charge in [-0.05, 0) is 35.4 Å². The molecule has 1 saturated heterocycles. The molecule has 0 atom stereocenters. The van der Waals surface area contributed by atoms with Crippen LogP contribution in [0.2, 0.25) is 0 Å². The summed E-state index contributed by atoms with van der Waals surface area (Å²) in [4.78, 5) is 12.2. The van der Waals surface area contributed by atoms with Gasteiger partial charge in [-0.15, -0.1) is 5.10 Å². The molecule has 2 aromatic heterocycles. The van der Waals surface area contributed by atoms with Crippen LogP contribution in [0.4, 0.5) is 4.39 Å². The molecule has 21 heavy (non-hydrogen) atoms. The number of fused-ring (bicyclic) bond motifs is 1. The lowest BCUT2D eigenvalue weighted by atomic mass is 9.81. The molecule has 0 unspecified atom stereocenters. The van der Waals surface area contributed by atoms with E-state index in [1.165, 1.54) is 4.52 Å². The van der Waals surface area contributed by atoms with Gasteiger partial charge in [-0.25, -0.2) is 4.52 Å². The Hall–Kier alpha value is -2.09. The Labute approximate surface area is 120 Å². The number of alkyl halides is 1. The van der Waals surface area contributed by atoms with Gasteiger partial charge in [-0.3, -0.25) is 9.18 Å². The molecule has 0 radical (unpaired) electrons. The van der Waals surface area contributed by atoms with E-state index in [2.05, 4.69) is 20.8 Å². The van der Waals surface area contributed by atoms with Crippen molar-refractivity contribution in [3.05, 3.63) is 23.9 Å². The van der Waals surface area contributed by atoms with Crippen molar-refractivity contribution in [3.8, 4) is 0 Å². The van der Waals surface area contributed by atoms with Crippen LogP contribution in [0.5, 0.6) is 0 Å². The quantitative estimate of drug-likeness (QED) is 0.893. The average molecular weight is 293 g/mol. The van der Waals surface area contributed by atoms with Gasteiger partial charge < -0.3 is 10.1 Å². The van der Waals surface area contributed by atoms with Crippen LogP contribution in [0.25, 0.3) is 5.65 Å². The molecule has 1 aliphatic heterocycles. The second kappa shape index (κ2) is 5.72. The van der Waals surface area contributed by atoms with Gasteiger partial charge in [0.05, 0.1) is 6.67 Å². The summed E-state index contributed by atoms with van der Waals surface area (Å²) < 4.78 is 20.0. The predicted molar refractivity (Wildman–Crippen MR) is 71.6 cm³/mol. The van der Waals surface area contributed by atoms with Crippen LogP contribution in [0, 0.1) is 5.41 Å². The minimum absolute atomic E-state index is 0.250. The number of halogens is 1. The number of pyridine rings is 1. The van der Waals surface area contributed by atoms with Gasteiger partial charge in [0.25, 0.3) is 5.91 Å². The van der Waals surface area contributed by atoms with Crippen molar-refractivity contribution < 1.29 is 13.9 Å². The number of nitrogens with one attached hydrogen (secondary N) is 1. The minimum Gasteiger partial charge on any atom is -0.381 e. The first-order valence-electron chi connectivity index (χ1n) is 6.82. The molecule has 1 fully saturated rings. The number of tetrazole rings is 1. The van der Waals surface area contributed by atoms with Gasteiger partial charge in [0.1, 0.15) is 0 Å². The minimum atomic E-state index is -0.506.